The first-order valence-electron chi connectivity index (χ1n) is 32.9. The SMILES string of the molecule is Cc1ccc2ccc(-c3cccc(-c4ccccc4)c3)cc2c1.OB(O)c1c2ccccc2c(-c2cccc3ccccc23)c2ccccc12.c1ccc(-c2cccc(-c3ccc4ccc(-c5c6ccccc6c(-c6cccc7ccccc67)c6ccccc56)cc4c3)c2)cc1. The first kappa shape index (κ1) is 59.1. The van der Waals surface area contributed by atoms with Gasteiger partial charge in [-0.15, -0.1) is 0 Å². The van der Waals surface area contributed by atoms with Crippen molar-refractivity contribution in [2.45, 2.75) is 6.92 Å². The summed E-state index contributed by atoms with van der Waals surface area (Å²) in [6.07, 6.45) is 0. The average Bonchev–Trinajstić information content (AvgIpc) is 0.737. The van der Waals surface area contributed by atoms with Gasteiger partial charge in [0.2, 0.25) is 0 Å². The van der Waals surface area contributed by atoms with Gasteiger partial charge in [-0.2, -0.15) is 0 Å². The highest BCUT2D eigenvalue weighted by Gasteiger charge is 2.23. The number of hydrogen-bond donors (Lipinski definition) is 2. The fourth-order valence-electron chi connectivity index (χ4n) is 14.5. The molecule has 0 heterocycles. The largest absolute Gasteiger partial charge is 0.489 e. The molecule has 0 aliphatic carbocycles. The topological polar surface area (TPSA) is 40.5 Å². The summed E-state index contributed by atoms with van der Waals surface area (Å²) < 4.78 is 0. The van der Waals surface area contributed by atoms with Crippen LogP contribution in [-0.4, -0.2) is 17.2 Å². The maximum atomic E-state index is 10.1. The van der Waals surface area contributed by atoms with Gasteiger partial charge < -0.3 is 10.0 Å². The molecule has 0 fully saturated rings. The van der Waals surface area contributed by atoms with Crippen molar-refractivity contribution < 1.29 is 10.0 Å². The minimum Gasteiger partial charge on any atom is -0.423 e. The van der Waals surface area contributed by atoms with E-state index >= 15 is 0 Å². The van der Waals surface area contributed by atoms with Gasteiger partial charge in [0.1, 0.15) is 0 Å². The molecule has 0 radical (unpaired) electrons. The predicted molar refractivity (Wildman–Crippen MR) is 412 cm³/mol. The Kier molecular flexibility index (Phi) is 15.9. The molecule has 3 heteroatoms. The van der Waals surface area contributed by atoms with E-state index in [9.17, 15) is 10.0 Å². The summed E-state index contributed by atoms with van der Waals surface area (Å²) in [7, 11) is -1.53. The fourth-order valence-corrected chi connectivity index (χ4v) is 14.5. The van der Waals surface area contributed by atoms with Crippen molar-refractivity contribution in [1.82, 2.24) is 0 Å². The molecule has 0 amide bonds. The normalized spacial score (nSPS) is 11.3. The van der Waals surface area contributed by atoms with Crippen molar-refractivity contribution in [3.05, 3.63) is 370 Å². The fraction of sp³-hybridized carbons (Fsp3) is 0.0108. The Morgan fingerprint density at radius 1 is 0.188 bits per heavy atom. The molecule has 2 N–H and O–H groups in total. The summed E-state index contributed by atoms with van der Waals surface area (Å²) in [5, 5.41) is 39.1. The minimum absolute atomic E-state index is 0.560. The van der Waals surface area contributed by atoms with Crippen molar-refractivity contribution in [2.24, 2.45) is 0 Å². The van der Waals surface area contributed by atoms with Gasteiger partial charge in [0.15, 0.2) is 0 Å². The second-order valence-electron chi connectivity index (χ2n) is 24.9. The van der Waals surface area contributed by atoms with Crippen LogP contribution in [0.2, 0.25) is 0 Å². The van der Waals surface area contributed by atoms with E-state index in [0.29, 0.717) is 5.46 Å². The molecule has 0 saturated carbocycles. The van der Waals surface area contributed by atoms with Crippen LogP contribution in [0.3, 0.4) is 0 Å². The summed E-state index contributed by atoms with van der Waals surface area (Å²) >= 11 is 0. The van der Waals surface area contributed by atoms with Crippen LogP contribution in [0.25, 0.3) is 164 Å². The number of rotatable bonds is 8. The summed E-state index contributed by atoms with van der Waals surface area (Å²) in [4.78, 5) is 0. The van der Waals surface area contributed by atoms with Crippen molar-refractivity contribution in [3.8, 4) is 77.9 Å². The van der Waals surface area contributed by atoms with Gasteiger partial charge in [-0.05, 0) is 207 Å². The molecule has 96 heavy (non-hydrogen) atoms. The van der Waals surface area contributed by atoms with E-state index < -0.39 is 7.12 Å². The number of hydrogen-bond acceptors (Lipinski definition) is 2. The summed E-state index contributed by atoms with van der Waals surface area (Å²) in [5.74, 6) is 0. The van der Waals surface area contributed by atoms with Crippen molar-refractivity contribution in [1.29, 1.82) is 0 Å². The summed E-state index contributed by atoms with van der Waals surface area (Å²) in [5.41, 5.74) is 19.2. The lowest BCUT2D eigenvalue weighted by Gasteiger charge is -2.19. The van der Waals surface area contributed by atoms with Crippen LogP contribution in [0.4, 0.5) is 0 Å². The van der Waals surface area contributed by atoms with E-state index in [1.165, 1.54) is 137 Å². The van der Waals surface area contributed by atoms with Gasteiger partial charge in [-0.25, -0.2) is 0 Å². The third kappa shape index (κ3) is 11.3. The highest BCUT2D eigenvalue weighted by molar-refractivity contribution is 6.66. The van der Waals surface area contributed by atoms with Crippen molar-refractivity contribution >= 4 is 98.8 Å². The van der Waals surface area contributed by atoms with Gasteiger partial charge in [0.25, 0.3) is 0 Å². The van der Waals surface area contributed by atoms with Gasteiger partial charge in [0.05, 0.1) is 0 Å². The molecule has 0 aliphatic heterocycles. The Hall–Kier alpha value is -12.0. The van der Waals surface area contributed by atoms with E-state index in [-0.39, 0.29) is 0 Å². The van der Waals surface area contributed by atoms with Gasteiger partial charge >= 0.3 is 7.12 Å². The van der Waals surface area contributed by atoms with Crippen LogP contribution in [0, 0.1) is 6.92 Å². The predicted octanol–water partition coefficient (Wildman–Crippen LogP) is 23.9. The summed E-state index contributed by atoms with van der Waals surface area (Å²) in [6, 6.07) is 130. The molecular formula is C93H65BO2. The Balaban J connectivity index is 0.000000123. The molecule has 0 saturated heterocycles. The monoisotopic (exact) mass is 1220 g/mol. The molecule has 0 aliphatic rings. The third-order valence-corrected chi connectivity index (χ3v) is 19.0. The lowest BCUT2D eigenvalue weighted by molar-refractivity contribution is 0.426. The second kappa shape index (κ2) is 25.8. The molecular weight excluding hydrogens is 1160 g/mol. The Morgan fingerprint density at radius 2 is 0.479 bits per heavy atom. The number of benzene rings is 18. The van der Waals surface area contributed by atoms with Crippen LogP contribution < -0.4 is 5.46 Å². The average molecular weight is 1230 g/mol. The molecule has 18 rings (SSSR count). The standard InChI is InChI=1S/C46H30.C24H17BO2.C23H18/c1-2-12-31(13-3-1)34-16-10-17-35(28-34)36-26-24-32-25-27-37(30-38(32)29-36)45-41-19-6-8-21-43(41)46(44-22-9-7-20-42(44)45)40-23-11-15-33-14-4-5-18-39(33)40;26-25(27)24-21-13-5-3-11-19(21)23(20-12-4-6-14-22(20)24)18-15-7-9-16-8-1-2-10-17(16)18;1-17-10-11-19-12-13-22(16-23(19)14-17)21-9-5-8-20(15-21)18-6-3-2-4-7-18/h1-30H;1-15,26-27H;2-16H,1H3. The minimum atomic E-state index is -1.53. The van der Waals surface area contributed by atoms with Gasteiger partial charge in [-0.3, -0.25) is 0 Å². The van der Waals surface area contributed by atoms with Crippen LogP contribution in [0.1, 0.15) is 5.56 Å². The lowest BCUT2D eigenvalue weighted by Crippen LogP contribution is -2.31. The zero-order valence-electron chi connectivity index (χ0n) is 53.1. The molecule has 18 aromatic carbocycles. The Morgan fingerprint density at radius 3 is 0.917 bits per heavy atom. The van der Waals surface area contributed by atoms with Crippen LogP contribution in [-0.2, 0) is 0 Å². The van der Waals surface area contributed by atoms with E-state index in [0.717, 1.165) is 32.7 Å². The molecule has 0 bridgehead atoms. The van der Waals surface area contributed by atoms with E-state index in [2.05, 4.69) is 328 Å². The third-order valence-electron chi connectivity index (χ3n) is 19.0. The van der Waals surface area contributed by atoms with Crippen LogP contribution >= 0.6 is 0 Å². The van der Waals surface area contributed by atoms with Crippen molar-refractivity contribution in [2.75, 3.05) is 0 Å². The molecule has 0 aromatic heterocycles. The highest BCUT2D eigenvalue weighted by Crippen LogP contribution is 2.46. The van der Waals surface area contributed by atoms with Gasteiger partial charge in [-0.1, -0.05) is 339 Å². The smallest absolute Gasteiger partial charge is 0.423 e. The molecule has 2 nitrogen and oxygen atoms in total. The van der Waals surface area contributed by atoms with Crippen LogP contribution in [0.15, 0.2) is 364 Å². The maximum Gasteiger partial charge on any atom is 0.489 e. The number of aryl methyl sites for hydroxylation is 1. The summed E-state index contributed by atoms with van der Waals surface area (Å²) in [6.45, 7) is 2.14. The molecule has 18 aromatic rings. The van der Waals surface area contributed by atoms with Crippen LogP contribution in [0.5, 0.6) is 0 Å². The Labute approximate surface area is 559 Å². The molecule has 0 unspecified atom stereocenters. The zero-order chi connectivity index (χ0) is 64.5. The lowest BCUT2D eigenvalue weighted by atomic mass is 9.72. The second-order valence-corrected chi connectivity index (χ2v) is 24.9. The molecule has 452 valence electrons. The van der Waals surface area contributed by atoms with E-state index in [4.69, 9.17) is 0 Å². The molecule has 0 spiro atoms. The van der Waals surface area contributed by atoms with E-state index in [1.807, 2.05) is 42.5 Å². The van der Waals surface area contributed by atoms with Gasteiger partial charge in [0, 0.05) is 0 Å². The van der Waals surface area contributed by atoms with Crippen molar-refractivity contribution in [3.63, 3.8) is 0 Å². The Bertz CT molecular complexity index is 5830. The van der Waals surface area contributed by atoms with E-state index in [1.54, 1.807) is 0 Å². The zero-order valence-corrected chi connectivity index (χ0v) is 53.1. The number of fused-ring (bicyclic) bond motifs is 8. The first-order valence-corrected chi connectivity index (χ1v) is 32.9. The molecule has 0 atom stereocenters. The maximum absolute atomic E-state index is 10.1. The first-order chi connectivity index (χ1) is 47.4. The quantitative estimate of drug-likeness (QED) is 0.118. The highest BCUT2D eigenvalue weighted by atomic mass is 16.4.